The van der Waals surface area contributed by atoms with E-state index in [0.717, 1.165) is 48.4 Å². The number of aliphatic hydroxyl groups excluding tert-OH is 2. The van der Waals surface area contributed by atoms with Crippen molar-refractivity contribution in [1.82, 2.24) is 14.8 Å². The van der Waals surface area contributed by atoms with Gasteiger partial charge in [-0.15, -0.1) is 0 Å². The molecule has 1 aromatic heterocycles. The number of carbonyl (C=O) groups is 4. The highest BCUT2D eigenvalue weighted by Gasteiger charge is 2.27. The molecule has 2 heterocycles. The number of pyridine rings is 1. The fraction of sp³-hybridized carbons (Fsp3) is 0.536. The second kappa shape index (κ2) is 19.3. The highest BCUT2D eigenvalue weighted by atomic mass is 16.5. The molecule has 14 nitrogen and oxygen atoms in total. The summed E-state index contributed by atoms with van der Waals surface area (Å²) < 4.78 is 5.35. The second-order valence-corrected chi connectivity index (χ2v) is 9.57. The van der Waals surface area contributed by atoms with Gasteiger partial charge < -0.3 is 35.4 Å². The van der Waals surface area contributed by atoms with Crippen LogP contribution in [-0.4, -0.2) is 122 Å². The number of aromatic nitrogens is 1. The minimum atomic E-state index is -1.82. The third-order valence-electron chi connectivity index (χ3n) is 6.59. The number of hydrogen-bond donors (Lipinski definition) is 6. The van der Waals surface area contributed by atoms with E-state index in [2.05, 4.69) is 21.7 Å². The molecule has 0 bridgehead atoms. The summed E-state index contributed by atoms with van der Waals surface area (Å²) in [5, 5.41) is 51.4. The van der Waals surface area contributed by atoms with Gasteiger partial charge in [-0.25, -0.2) is 19.2 Å². The Labute approximate surface area is 243 Å². The fourth-order valence-corrected chi connectivity index (χ4v) is 4.42. The second-order valence-electron chi connectivity index (χ2n) is 9.57. The number of β-amino-alcohol motifs (C(OH)–C–C–N with tert-alkyl or cyclic N) is 1. The number of ether oxygens (including phenoxy) is 1. The van der Waals surface area contributed by atoms with Crippen LogP contribution in [0.1, 0.15) is 50.7 Å². The van der Waals surface area contributed by atoms with Crippen LogP contribution in [0.3, 0.4) is 0 Å². The summed E-state index contributed by atoms with van der Waals surface area (Å²) in [6.45, 7) is 6.65. The van der Waals surface area contributed by atoms with E-state index in [1.165, 1.54) is 32.1 Å². The number of aliphatic carboxylic acids is 4. The molecule has 0 aliphatic carbocycles. The monoisotopic (exact) mass is 595 g/mol. The van der Waals surface area contributed by atoms with Crippen molar-refractivity contribution in [1.29, 1.82) is 0 Å². The zero-order valence-electron chi connectivity index (χ0n) is 23.9. The van der Waals surface area contributed by atoms with E-state index in [1.54, 1.807) is 13.3 Å². The van der Waals surface area contributed by atoms with Gasteiger partial charge in [0.15, 0.2) is 0 Å². The minimum absolute atomic E-state index is 0.145. The van der Waals surface area contributed by atoms with Crippen molar-refractivity contribution in [3.63, 3.8) is 0 Å². The molecule has 0 saturated carbocycles. The standard InChI is InChI=1S/C24H37N3O3.2C2H2O4/c1-3-4-5-6-7-12-27-14-13-26(16-19(27)18-28)17-24(29)21-10-11-25-23-9-8-20(30-2)15-22(21)23;2*3-1(4)2(5)6/h8-11,15,19,24,28-29H,3-7,12-14,16-18H2,1-2H3;2*(H,3,4)(H,5,6)/t19-,24-;;/m1../s1. The Bertz CT molecular complexity index is 1110. The molecule has 14 heteroatoms. The molecule has 1 saturated heterocycles. The smallest absolute Gasteiger partial charge is 0.414 e. The number of rotatable bonds is 11. The van der Waals surface area contributed by atoms with Crippen molar-refractivity contribution in [2.24, 2.45) is 0 Å². The number of benzene rings is 1. The lowest BCUT2D eigenvalue weighted by Crippen LogP contribution is -2.55. The lowest BCUT2D eigenvalue weighted by molar-refractivity contribution is -0.159. The molecule has 0 amide bonds. The van der Waals surface area contributed by atoms with Crippen LogP contribution in [0.4, 0.5) is 0 Å². The molecule has 6 N–H and O–H groups in total. The van der Waals surface area contributed by atoms with Gasteiger partial charge >= 0.3 is 23.9 Å². The van der Waals surface area contributed by atoms with E-state index in [4.69, 9.17) is 44.3 Å². The van der Waals surface area contributed by atoms with Gasteiger partial charge in [-0.05, 0) is 42.8 Å². The maximum Gasteiger partial charge on any atom is 0.414 e. The molecular weight excluding hydrogens is 554 g/mol. The lowest BCUT2D eigenvalue weighted by atomic mass is 10.0. The number of hydrogen-bond acceptors (Lipinski definition) is 10. The number of methoxy groups -OCH3 is 1. The fourth-order valence-electron chi connectivity index (χ4n) is 4.42. The Morgan fingerprint density at radius 3 is 2.12 bits per heavy atom. The van der Waals surface area contributed by atoms with Crippen LogP contribution in [0.2, 0.25) is 0 Å². The first kappa shape index (κ1) is 36.2. The van der Waals surface area contributed by atoms with Crippen LogP contribution in [0.15, 0.2) is 30.5 Å². The Hall–Kier alpha value is -3.85. The SMILES string of the molecule is CCCCCCCN1CCN(C[C@@H](O)c2ccnc3ccc(OC)cc23)C[C@@H]1CO.O=C(O)C(=O)O.O=C(O)C(=O)O. The van der Waals surface area contributed by atoms with Gasteiger partial charge in [0.1, 0.15) is 5.75 Å². The third kappa shape index (κ3) is 12.8. The van der Waals surface area contributed by atoms with E-state index in [9.17, 15) is 10.2 Å². The van der Waals surface area contributed by atoms with E-state index in [-0.39, 0.29) is 12.6 Å². The summed E-state index contributed by atoms with van der Waals surface area (Å²) in [5.74, 6) is -6.54. The van der Waals surface area contributed by atoms with Gasteiger partial charge in [-0.3, -0.25) is 14.8 Å². The molecule has 0 unspecified atom stereocenters. The van der Waals surface area contributed by atoms with Gasteiger partial charge in [0, 0.05) is 43.8 Å². The predicted molar refractivity (Wildman–Crippen MR) is 151 cm³/mol. The van der Waals surface area contributed by atoms with Crippen molar-refractivity contribution in [2.45, 2.75) is 51.2 Å². The normalized spacial score (nSPS) is 15.9. The molecule has 2 aromatic rings. The van der Waals surface area contributed by atoms with Crippen LogP contribution in [-0.2, 0) is 19.2 Å². The average molecular weight is 596 g/mol. The highest BCUT2D eigenvalue weighted by molar-refractivity contribution is 6.27. The Balaban J connectivity index is 0.000000618. The molecule has 0 spiro atoms. The van der Waals surface area contributed by atoms with Gasteiger partial charge in [0.25, 0.3) is 0 Å². The number of fused-ring (bicyclic) bond motifs is 1. The molecule has 3 rings (SSSR count). The topological polar surface area (TPSA) is 218 Å². The molecule has 1 fully saturated rings. The summed E-state index contributed by atoms with van der Waals surface area (Å²) in [7, 11) is 1.64. The first-order valence-electron chi connectivity index (χ1n) is 13.5. The summed E-state index contributed by atoms with van der Waals surface area (Å²) in [6.07, 6.45) is 7.48. The van der Waals surface area contributed by atoms with E-state index < -0.39 is 30.0 Å². The minimum Gasteiger partial charge on any atom is -0.497 e. The third-order valence-corrected chi connectivity index (χ3v) is 6.59. The molecular formula is C28H41N3O11. The lowest BCUT2D eigenvalue weighted by Gasteiger charge is -2.41. The zero-order chi connectivity index (χ0) is 31.7. The first-order chi connectivity index (χ1) is 19.9. The van der Waals surface area contributed by atoms with E-state index in [1.807, 2.05) is 24.3 Å². The molecule has 1 aliphatic heterocycles. The van der Waals surface area contributed by atoms with Gasteiger partial charge in [0.2, 0.25) is 0 Å². The van der Waals surface area contributed by atoms with Crippen LogP contribution in [0, 0.1) is 0 Å². The van der Waals surface area contributed by atoms with E-state index in [0.29, 0.717) is 6.54 Å². The largest absolute Gasteiger partial charge is 0.497 e. The number of carboxylic acid groups (broad SMARTS) is 4. The summed E-state index contributed by atoms with van der Waals surface area (Å²) in [4.78, 5) is 45.5. The van der Waals surface area contributed by atoms with Gasteiger partial charge in [-0.2, -0.15) is 0 Å². The molecule has 1 aromatic carbocycles. The molecule has 1 aliphatic rings. The average Bonchev–Trinajstić information content (AvgIpc) is 2.97. The number of carboxylic acids is 4. The van der Waals surface area contributed by atoms with E-state index >= 15 is 0 Å². The van der Waals surface area contributed by atoms with Gasteiger partial charge in [0.05, 0.1) is 25.3 Å². The van der Waals surface area contributed by atoms with Crippen LogP contribution < -0.4 is 4.74 Å². The zero-order valence-corrected chi connectivity index (χ0v) is 23.9. The molecule has 42 heavy (non-hydrogen) atoms. The maximum atomic E-state index is 11.0. The maximum absolute atomic E-state index is 11.0. The number of unbranched alkanes of at least 4 members (excludes halogenated alkanes) is 4. The summed E-state index contributed by atoms with van der Waals surface area (Å²) in [6, 6.07) is 7.78. The molecule has 234 valence electrons. The Kier molecular flexibility index (Phi) is 16.6. The Morgan fingerprint density at radius 2 is 1.57 bits per heavy atom. The van der Waals surface area contributed by atoms with Crippen LogP contribution in [0.5, 0.6) is 5.75 Å². The predicted octanol–water partition coefficient (Wildman–Crippen LogP) is 1.54. The van der Waals surface area contributed by atoms with Crippen LogP contribution in [0.25, 0.3) is 10.9 Å². The van der Waals surface area contributed by atoms with Crippen molar-refractivity contribution in [3.8, 4) is 5.75 Å². The van der Waals surface area contributed by atoms with Crippen molar-refractivity contribution in [2.75, 3.05) is 46.4 Å². The first-order valence-corrected chi connectivity index (χ1v) is 13.5. The van der Waals surface area contributed by atoms with Crippen molar-refractivity contribution < 1.29 is 54.6 Å². The summed E-state index contributed by atoms with van der Waals surface area (Å²) >= 11 is 0. The quantitative estimate of drug-likeness (QED) is 0.160. The van der Waals surface area contributed by atoms with Gasteiger partial charge in [-0.1, -0.05) is 32.6 Å². The van der Waals surface area contributed by atoms with Crippen molar-refractivity contribution >= 4 is 34.8 Å². The summed E-state index contributed by atoms with van der Waals surface area (Å²) in [5.41, 5.74) is 1.73. The van der Waals surface area contributed by atoms with Crippen molar-refractivity contribution in [3.05, 3.63) is 36.0 Å². The number of nitrogens with zero attached hydrogens (tertiary/aromatic N) is 3. The number of aliphatic hydroxyl groups is 2. The molecule has 2 atom stereocenters. The number of piperazine rings is 1. The van der Waals surface area contributed by atoms with Crippen LogP contribution >= 0.6 is 0 Å². The molecule has 0 radical (unpaired) electrons. The Morgan fingerprint density at radius 1 is 0.952 bits per heavy atom. The highest BCUT2D eigenvalue weighted by Crippen LogP contribution is 2.27.